The standard InChI is InChI=1S/C15H17NO4/c17-15(18)14-11-13(20-16-14)9-5-2-6-10-19-12-7-3-1-4-8-12/h1,3-4,7-8,11H,2,5-6,9-10H2,(H,17,18). The minimum absolute atomic E-state index is 0.0348. The zero-order chi connectivity index (χ0) is 14.2. The molecule has 20 heavy (non-hydrogen) atoms. The summed E-state index contributed by atoms with van der Waals surface area (Å²) in [6.07, 6.45) is 3.57. The number of aromatic nitrogens is 1. The summed E-state index contributed by atoms with van der Waals surface area (Å²) in [7, 11) is 0. The maximum atomic E-state index is 10.6. The molecule has 1 N–H and O–H groups in total. The number of carbonyl (C=O) groups is 1. The fraction of sp³-hybridized carbons (Fsp3) is 0.333. The van der Waals surface area contributed by atoms with E-state index < -0.39 is 5.97 Å². The van der Waals surface area contributed by atoms with Crippen LogP contribution in [0, 0.1) is 0 Å². The fourth-order valence-corrected chi connectivity index (χ4v) is 1.82. The van der Waals surface area contributed by atoms with Crippen LogP contribution in [0.15, 0.2) is 40.9 Å². The molecule has 0 fully saturated rings. The average Bonchev–Trinajstić information content (AvgIpc) is 2.93. The molecule has 0 aliphatic heterocycles. The summed E-state index contributed by atoms with van der Waals surface area (Å²) in [5.41, 5.74) is -0.0348. The lowest BCUT2D eigenvalue weighted by Gasteiger charge is -2.04. The number of hydrogen-bond donors (Lipinski definition) is 1. The predicted molar refractivity (Wildman–Crippen MR) is 73.0 cm³/mol. The molecule has 1 heterocycles. The van der Waals surface area contributed by atoms with E-state index in [4.69, 9.17) is 14.4 Å². The van der Waals surface area contributed by atoms with Gasteiger partial charge < -0.3 is 14.4 Å². The number of ether oxygens (including phenoxy) is 1. The van der Waals surface area contributed by atoms with Gasteiger partial charge in [0.15, 0.2) is 5.69 Å². The summed E-state index contributed by atoms with van der Waals surface area (Å²) < 4.78 is 10.5. The minimum Gasteiger partial charge on any atom is -0.494 e. The minimum atomic E-state index is -1.06. The van der Waals surface area contributed by atoms with E-state index in [0.29, 0.717) is 18.8 Å². The Morgan fingerprint density at radius 3 is 2.70 bits per heavy atom. The number of nitrogens with zero attached hydrogens (tertiary/aromatic N) is 1. The van der Waals surface area contributed by atoms with E-state index in [1.807, 2.05) is 30.3 Å². The Hall–Kier alpha value is -2.30. The molecule has 106 valence electrons. The molecule has 5 nitrogen and oxygen atoms in total. The number of carboxylic acids is 1. The number of aryl methyl sites for hydroxylation is 1. The molecule has 0 unspecified atom stereocenters. The molecular weight excluding hydrogens is 258 g/mol. The first-order valence-corrected chi connectivity index (χ1v) is 6.62. The van der Waals surface area contributed by atoms with Crippen molar-refractivity contribution in [2.45, 2.75) is 25.7 Å². The van der Waals surface area contributed by atoms with Crippen LogP contribution in [-0.2, 0) is 6.42 Å². The number of benzene rings is 1. The molecule has 2 aromatic rings. The molecule has 0 aliphatic rings. The van der Waals surface area contributed by atoms with E-state index in [1.54, 1.807) is 0 Å². The number of aromatic carboxylic acids is 1. The second kappa shape index (κ2) is 7.33. The normalized spacial score (nSPS) is 10.4. The largest absolute Gasteiger partial charge is 0.494 e. The van der Waals surface area contributed by atoms with Gasteiger partial charge in [-0.25, -0.2) is 4.79 Å². The van der Waals surface area contributed by atoms with Gasteiger partial charge in [-0.2, -0.15) is 0 Å². The van der Waals surface area contributed by atoms with Crippen molar-refractivity contribution < 1.29 is 19.2 Å². The Morgan fingerprint density at radius 2 is 2.00 bits per heavy atom. The Balaban J connectivity index is 1.58. The van der Waals surface area contributed by atoms with Crippen LogP contribution in [0.3, 0.4) is 0 Å². The maximum absolute atomic E-state index is 10.6. The van der Waals surface area contributed by atoms with Crippen molar-refractivity contribution in [3.05, 3.63) is 47.9 Å². The highest BCUT2D eigenvalue weighted by molar-refractivity contribution is 5.85. The summed E-state index contributed by atoms with van der Waals surface area (Å²) >= 11 is 0. The quantitative estimate of drug-likeness (QED) is 0.749. The van der Waals surface area contributed by atoms with Crippen molar-refractivity contribution in [3.63, 3.8) is 0 Å². The SMILES string of the molecule is O=C(O)c1cc(CCCCCOc2ccccc2)on1. The molecule has 1 aromatic carbocycles. The first-order chi connectivity index (χ1) is 9.75. The smallest absolute Gasteiger partial charge is 0.358 e. The highest BCUT2D eigenvalue weighted by atomic mass is 16.5. The number of hydrogen-bond acceptors (Lipinski definition) is 4. The van der Waals surface area contributed by atoms with Gasteiger partial charge >= 0.3 is 5.97 Å². The lowest BCUT2D eigenvalue weighted by Crippen LogP contribution is -1.97. The molecule has 5 heteroatoms. The lowest BCUT2D eigenvalue weighted by molar-refractivity contribution is 0.0685. The van der Waals surface area contributed by atoms with Gasteiger partial charge in [0, 0.05) is 12.5 Å². The van der Waals surface area contributed by atoms with Gasteiger partial charge in [-0.05, 0) is 31.4 Å². The molecule has 0 bridgehead atoms. The van der Waals surface area contributed by atoms with Crippen molar-refractivity contribution in [2.75, 3.05) is 6.61 Å². The third-order valence-corrected chi connectivity index (χ3v) is 2.86. The second-order valence-corrected chi connectivity index (χ2v) is 4.46. The van der Waals surface area contributed by atoms with Crippen LogP contribution >= 0.6 is 0 Å². The van der Waals surface area contributed by atoms with Crippen molar-refractivity contribution in [1.29, 1.82) is 0 Å². The van der Waals surface area contributed by atoms with Gasteiger partial charge in [-0.3, -0.25) is 0 Å². The molecule has 0 spiro atoms. The van der Waals surface area contributed by atoms with E-state index in [2.05, 4.69) is 5.16 Å². The third-order valence-electron chi connectivity index (χ3n) is 2.86. The predicted octanol–water partition coefficient (Wildman–Crippen LogP) is 3.16. The van der Waals surface area contributed by atoms with Crippen LogP contribution in [0.2, 0.25) is 0 Å². The monoisotopic (exact) mass is 275 g/mol. The molecule has 2 rings (SSSR count). The number of rotatable bonds is 8. The van der Waals surface area contributed by atoms with Crippen molar-refractivity contribution in [3.8, 4) is 5.75 Å². The maximum Gasteiger partial charge on any atom is 0.358 e. The van der Waals surface area contributed by atoms with Crippen LogP contribution in [0.5, 0.6) is 5.75 Å². The number of carboxylic acid groups (broad SMARTS) is 1. The van der Waals surface area contributed by atoms with Crippen LogP contribution < -0.4 is 4.74 Å². The molecule has 0 saturated carbocycles. The molecule has 0 saturated heterocycles. The van der Waals surface area contributed by atoms with Gasteiger partial charge in [-0.1, -0.05) is 23.4 Å². The Bertz CT molecular complexity index is 536. The summed E-state index contributed by atoms with van der Waals surface area (Å²) in [6, 6.07) is 11.2. The van der Waals surface area contributed by atoms with Crippen molar-refractivity contribution in [1.82, 2.24) is 5.16 Å². The number of para-hydroxylation sites is 1. The number of unbranched alkanes of at least 4 members (excludes halogenated alkanes) is 2. The highest BCUT2D eigenvalue weighted by Crippen LogP contribution is 2.11. The molecule has 0 aliphatic carbocycles. The van der Waals surface area contributed by atoms with E-state index in [1.165, 1.54) is 6.07 Å². The van der Waals surface area contributed by atoms with Crippen LogP contribution in [0.1, 0.15) is 35.5 Å². The highest BCUT2D eigenvalue weighted by Gasteiger charge is 2.09. The topological polar surface area (TPSA) is 72.6 Å². The van der Waals surface area contributed by atoms with Gasteiger partial charge in [0.1, 0.15) is 11.5 Å². The van der Waals surface area contributed by atoms with E-state index in [9.17, 15) is 4.79 Å². The van der Waals surface area contributed by atoms with Crippen molar-refractivity contribution >= 4 is 5.97 Å². The summed E-state index contributed by atoms with van der Waals surface area (Å²) in [5, 5.41) is 12.2. The summed E-state index contributed by atoms with van der Waals surface area (Å²) in [4.78, 5) is 10.6. The Morgan fingerprint density at radius 1 is 1.20 bits per heavy atom. The lowest BCUT2D eigenvalue weighted by atomic mass is 10.1. The molecular formula is C15H17NO4. The Kier molecular flexibility index (Phi) is 5.17. The zero-order valence-corrected chi connectivity index (χ0v) is 11.1. The van der Waals surface area contributed by atoms with Gasteiger partial charge in [-0.15, -0.1) is 0 Å². The van der Waals surface area contributed by atoms with Crippen LogP contribution in [0.25, 0.3) is 0 Å². The van der Waals surface area contributed by atoms with Gasteiger partial charge in [0.05, 0.1) is 6.61 Å². The van der Waals surface area contributed by atoms with Crippen LogP contribution in [-0.4, -0.2) is 22.8 Å². The van der Waals surface area contributed by atoms with E-state index in [0.717, 1.165) is 25.0 Å². The van der Waals surface area contributed by atoms with E-state index in [-0.39, 0.29) is 5.69 Å². The molecule has 0 atom stereocenters. The average molecular weight is 275 g/mol. The van der Waals surface area contributed by atoms with Crippen LogP contribution in [0.4, 0.5) is 0 Å². The Labute approximate surface area is 117 Å². The third kappa shape index (κ3) is 4.42. The van der Waals surface area contributed by atoms with Gasteiger partial charge in [0.2, 0.25) is 0 Å². The zero-order valence-electron chi connectivity index (χ0n) is 11.1. The first kappa shape index (κ1) is 14.1. The summed E-state index contributed by atoms with van der Waals surface area (Å²) in [6.45, 7) is 0.681. The second-order valence-electron chi connectivity index (χ2n) is 4.46. The first-order valence-electron chi connectivity index (χ1n) is 6.62. The summed E-state index contributed by atoms with van der Waals surface area (Å²) in [5.74, 6) is 0.441. The van der Waals surface area contributed by atoms with Gasteiger partial charge in [0.25, 0.3) is 0 Å². The molecule has 0 radical (unpaired) electrons. The molecule has 1 aromatic heterocycles. The van der Waals surface area contributed by atoms with E-state index >= 15 is 0 Å². The van der Waals surface area contributed by atoms with Crippen molar-refractivity contribution in [2.24, 2.45) is 0 Å². The fourth-order valence-electron chi connectivity index (χ4n) is 1.82. The molecule has 0 amide bonds.